The molecule has 106 valence electrons. The van der Waals surface area contributed by atoms with Gasteiger partial charge < -0.3 is 14.0 Å². The van der Waals surface area contributed by atoms with Gasteiger partial charge in [0.2, 0.25) is 5.89 Å². The van der Waals surface area contributed by atoms with Crippen molar-refractivity contribution in [3.8, 4) is 0 Å². The summed E-state index contributed by atoms with van der Waals surface area (Å²) < 4.78 is 15.1. The molecule has 6 heteroatoms. The molecule has 1 saturated carbocycles. The van der Waals surface area contributed by atoms with E-state index in [9.17, 15) is 4.79 Å². The lowest BCUT2D eigenvalue weighted by Gasteiger charge is -2.16. The monoisotopic (exact) mass is 268 g/mol. The lowest BCUT2D eigenvalue weighted by Crippen LogP contribution is -2.22. The maximum absolute atomic E-state index is 11.9. The number of nitrogens with zero attached hydrogens (tertiary/aromatic N) is 2. The first-order valence-electron chi connectivity index (χ1n) is 6.65. The summed E-state index contributed by atoms with van der Waals surface area (Å²) in [6, 6.07) is 0. The zero-order valence-electron chi connectivity index (χ0n) is 11.4. The number of rotatable bonds is 6. The smallest absolute Gasteiger partial charge is 0.318 e. The second kappa shape index (κ2) is 6.65. The van der Waals surface area contributed by atoms with Crippen LogP contribution in [0.1, 0.15) is 43.3 Å². The molecule has 0 saturated heterocycles. The first-order valence-corrected chi connectivity index (χ1v) is 6.65. The second-order valence-electron chi connectivity index (χ2n) is 4.84. The normalized spacial score (nSPS) is 17.6. The molecule has 1 aromatic heterocycles. The summed E-state index contributed by atoms with van der Waals surface area (Å²) in [7, 11) is 3.02. The number of ether oxygens (including phenoxy) is 2. The van der Waals surface area contributed by atoms with Crippen LogP contribution >= 0.6 is 0 Å². The van der Waals surface area contributed by atoms with Crippen LogP contribution in [0.4, 0.5) is 0 Å². The summed E-state index contributed by atoms with van der Waals surface area (Å²) >= 11 is 0. The first kappa shape index (κ1) is 14.0. The number of hydrogen-bond acceptors (Lipinski definition) is 6. The molecule has 6 nitrogen and oxygen atoms in total. The van der Waals surface area contributed by atoms with Crippen LogP contribution < -0.4 is 0 Å². The fourth-order valence-corrected chi connectivity index (χ4v) is 2.60. The fraction of sp³-hybridized carbons (Fsp3) is 0.769. The minimum Gasteiger partial charge on any atom is -0.468 e. The summed E-state index contributed by atoms with van der Waals surface area (Å²) in [6.07, 6.45) is 4.88. The molecule has 0 N–H and O–H groups in total. The van der Waals surface area contributed by atoms with Gasteiger partial charge in [-0.25, -0.2) is 0 Å². The van der Waals surface area contributed by atoms with Crippen LogP contribution in [0.2, 0.25) is 0 Å². The minimum atomic E-state index is -0.420. The van der Waals surface area contributed by atoms with Crippen molar-refractivity contribution in [2.45, 2.75) is 38.0 Å². The molecule has 0 spiro atoms. The highest BCUT2D eigenvalue weighted by Gasteiger charge is 2.37. The van der Waals surface area contributed by atoms with Crippen molar-refractivity contribution in [2.75, 3.05) is 20.8 Å². The van der Waals surface area contributed by atoms with Gasteiger partial charge in [-0.3, -0.25) is 4.79 Å². The summed E-state index contributed by atoms with van der Waals surface area (Å²) in [5, 5.41) is 3.89. The van der Waals surface area contributed by atoms with Crippen LogP contribution in [-0.2, 0) is 20.7 Å². The highest BCUT2D eigenvalue weighted by molar-refractivity contribution is 5.77. The van der Waals surface area contributed by atoms with Gasteiger partial charge in [-0.05, 0) is 18.8 Å². The molecule has 1 atom stereocenters. The molecular weight excluding hydrogens is 248 g/mol. The van der Waals surface area contributed by atoms with Gasteiger partial charge in [0.25, 0.3) is 0 Å². The Morgan fingerprint density at radius 3 is 2.79 bits per heavy atom. The molecule has 0 aliphatic heterocycles. The number of esters is 1. The molecule has 1 aliphatic rings. The number of hydrogen-bond donors (Lipinski definition) is 0. The Bertz CT molecular complexity index is 413. The Hall–Kier alpha value is -1.43. The van der Waals surface area contributed by atoms with Crippen LogP contribution in [0.15, 0.2) is 4.52 Å². The standard InChI is InChI=1S/C13H20N2O4/c1-17-8-7-10-14-12(19-15-10)11(13(16)18-2)9-5-3-4-6-9/h9,11H,3-8H2,1-2H3. The Kier molecular flexibility index (Phi) is 4.90. The zero-order valence-corrected chi connectivity index (χ0v) is 11.4. The molecule has 1 aromatic rings. The summed E-state index contributed by atoms with van der Waals surface area (Å²) in [5.74, 6) is 0.502. The highest BCUT2D eigenvalue weighted by Crippen LogP contribution is 2.37. The van der Waals surface area contributed by atoms with Gasteiger partial charge in [-0.2, -0.15) is 4.98 Å². The molecule has 0 amide bonds. The van der Waals surface area contributed by atoms with Crippen molar-refractivity contribution in [3.05, 3.63) is 11.7 Å². The van der Waals surface area contributed by atoms with E-state index < -0.39 is 5.92 Å². The van der Waals surface area contributed by atoms with Crippen LogP contribution in [0.3, 0.4) is 0 Å². The first-order chi connectivity index (χ1) is 9.26. The largest absolute Gasteiger partial charge is 0.468 e. The summed E-state index contributed by atoms with van der Waals surface area (Å²) in [6.45, 7) is 0.533. The number of carbonyl (C=O) groups excluding carboxylic acids is 1. The molecule has 1 heterocycles. The van der Waals surface area contributed by atoms with Gasteiger partial charge in [-0.1, -0.05) is 18.0 Å². The van der Waals surface area contributed by atoms with E-state index in [-0.39, 0.29) is 11.9 Å². The zero-order chi connectivity index (χ0) is 13.7. The molecule has 0 bridgehead atoms. The van der Waals surface area contributed by atoms with E-state index in [1.807, 2.05) is 0 Å². The van der Waals surface area contributed by atoms with Gasteiger partial charge >= 0.3 is 5.97 Å². The maximum Gasteiger partial charge on any atom is 0.318 e. The van der Waals surface area contributed by atoms with Gasteiger partial charge in [0.1, 0.15) is 5.92 Å². The molecular formula is C13H20N2O4. The quantitative estimate of drug-likeness (QED) is 0.731. The van der Waals surface area contributed by atoms with E-state index in [2.05, 4.69) is 10.1 Å². The third-order valence-electron chi connectivity index (χ3n) is 3.61. The Morgan fingerprint density at radius 1 is 1.42 bits per heavy atom. The summed E-state index contributed by atoms with van der Waals surface area (Å²) in [5.41, 5.74) is 0. The number of aromatic nitrogens is 2. The lowest BCUT2D eigenvalue weighted by atomic mass is 9.91. The minimum absolute atomic E-state index is 0.253. The van der Waals surface area contributed by atoms with Crippen molar-refractivity contribution >= 4 is 5.97 Å². The van der Waals surface area contributed by atoms with Gasteiger partial charge in [0, 0.05) is 13.5 Å². The van der Waals surface area contributed by atoms with Crippen LogP contribution in [0.25, 0.3) is 0 Å². The Morgan fingerprint density at radius 2 is 2.16 bits per heavy atom. The average Bonchev–Trinajstić information content (AvgIpc) is 3.08. The highest BCUT2D eigenvalue weighted by atomic mass is 16.5. The van der Waals surface area contributed by atoms with E-state index in [0.29, 0.717) is 24.7 Å². The van der Waals surface area contributed by atoms with Crippen molar-refractivity contribution in [1.29, 1.82) is 0 Å². The predicted molar refractivity (Wildman–Crippen MR) is 66.6 cm³/mol. The SMILES string of the molecule is COCCc1noc(C(C(=O)OC)C2CCCC2)n1. The van der Waals surface area contributed by atoms with Crippen molar-refractivity contribution < 1.29 is 18.8 Å². The van der Waals surface area contributed by atoms with Crippen LogP contribution in [0, 0.1) is 5.92 Å². The van der Waals surface area contributed by atoms with E-state index in [1.54, 1.807) is 7.11 Å². The van der Waals surface area contributed by atoms with Gasteiger partial charge in [-0.15, -0.1) is 0 Å². The fourth-order valence-electron chi connectivity index (χ4n) is 2.60. The Labute approximate surface area is 112 Å². The summed E-state index contributed by atoms with van der Waals surface area (Å²) in [4.78, 5) is 16.3. The third-order valence-corrected chi connectivity index (χ3v) is 3.61. The van der Waals surface area contributed by atoms with Gasteiger partial charge in [0.15, 0.2) is 5.82 Å². The molecule has 1 aliphatic carbocycles. The van der Waals surface area contributed by atoms with E-state index in [0.717, 1.165) is 25.7 Å². The molecule has 0 radical (unpaired) electrons. The Balaban J connectivity index is 2.12. The topological polar surface area (TPSA) is 74.5 Å². The molecule has 19 heavy (non-hydrogen) atoms. The van der Waals surface area contributed by atoms with Crippen molar-refractivity contribution in [1.82, 2.24) is 10.1 Å². The average molecular weight is 268 g/mol. The van der Waals surface area contributed by atoms with Crippen molar-refractivity contribution in [3.63, 3.8) is 0 Å². The number of methoxy groups -OCH3 is 2. The molecule has 2 rings (SSSR count). The lowest BCUT2D eigenvalue weighted by molar-refractivity contribution is -0.144. The predicted octanol–water partition coefficient (Wildman–Crippen LogP) is 1.71. The maximum atomic E-state index is 11.9. The molecule has 1 unspecified atom stereocenters. The van der Waals surface area contributed by atoms with E-state index >= 15 is 0 Å². The van der Waals surface area contributed by atoms with Gasteiger partial charge in [0.05, 0.1) is 13.7 Å². The van der Waals surface area contributed by atoms with E-state index in [1.165, 1.54) is 7.11 Å². The van der Waals surface area contributed by atoms with Crippen LogP contribution in [0.5, 0.6) is 0 Å². The van der Waals surface area contributed by atoms with Crippen LogP contribution in [-0.4, -0.2) is 36.9 Å². The second-order valence-corrected chi connectivity index (χ2v) is 4.84. The number of carbonyl (C=O) groups is 1. The molecule has 1 fully saturated rings. The van der Waals surface area contributed by atoms with Crippen molar-refractivity contribution in [2.24, 2.45) is 5.92 Å². The molecule has 0 aromatic carbocycles. The van der Waals surface area contributed by atoms with E-state index in [4.69, 9.17) is 14.0 Å². The third kappa shape index (κ3) is 3.32.